The molecule has 0 fully saturated rings. The lowest BCUT2D eigenvalue weighted by atomic mass is 10.2. The van der Waals surface area contributed by atoms with Crippen LogP contribution in [-0.2, 0) is 0 Å². The molecule has 2 heterocycles. The summed E-state index contributed by atoms with van der Waals surface area (Å²) in [7, 11) is 0. The highest BCUT2D eigenvalue weighted by Crippen LogP contribution is 2.18. The number of carbonyl (C=O) groups is 2. The summed E-state index contributed by atoms with van der Waals surface area (Å²) in [5.74, 6) is -2.12. The van der Waals surface area contributed by atoms with Crippen molar-refractivity contribution in [3.8, 4) is 5.75 Å². The number of aromatic carboxylic acids is 1. The van der Waals surface area contributed by atoms with E-state index in [1.807, 2.05) is 0 Å². The van der Waals surface area contributed by atoms with E-state index in [-0.39, 0.29) is 22.6 Å². The second kappa shape index (κ2) is 5.13. The maximum absolute atomic E-state index is 11.9. The monoisotopic (exact) mass is 259 g/mol. The molecular weight excluding hydrogens is 250 g/mol. The molecule has 7 heteroatoms. The van der Waals surface area contributed by atoms with Gasteiger partial charge in [0.1, 0.15) is 5.75 Å². The number of carboxylic acid groups (broad SMARTS) is 1. The van der Waals surface area contributed by atoms with E-state index in [1.54, 1.807) is 0 Å². The summed E-state index contributed by atoms with van der Waals surface area (Å²) in [6.45, 7) is 0. The Bertz CT molecular complexity index is 642. The topological polar surface area (TPSA) is 112 Å². The lowest BCUT2D eigenvalue weighted by molar-refractivity contribution is 0.0698. The number of hydrogen-bond donors (Lipinski definition) is 3. The van der Waals surface area contributed by atoms with Crippen LogP contribution in [0.4, 0.5) is 5.69 Å². The Morgan fingerprint density at radius 3 is 2.32 bits per heavy atom. The fourth-order valence-corrected chi connectivity index (χ4v) is 1.45. The number of pyridine rings is 2. The molecule has 3 N–H and O–H groups in total. The summed E-state index contributed by atoms with van der Waals surface area (Å²) < 4.78 is 0. The zero-order valence-corrected chi connectivity index (χ0v) is 9.57. The van der Waals surface area contributed by atoms with Crippen molar-refractivity contribution in [1.82, 2.24) is 9.97 Å². The summed E-state index contributed by atoms with van der Waals surface area (Å²) in [6, 6.07) is 2.59. The number of aromatic hydroxyl groups is 1. The third-order valence-electron chi connectivity index (χ3n) is 2.34. The average Bonchev–Trinajstić information content (AvgIpc) is 2.39. The van der Waals surface area contributed by atoms with Gasteiger partial charge in [-0.25, -0.2) is 4.79 Å². The molecule has 0 unspecified atom stereocenters. The molecular formula is C12H9N3O4. The van der Waals surface area contributed by atoms with Crippen LogP contribution in [0.25, 0.3) is 0 Å². The highest BCUT2D eigenvalue weighted by Gasteiger charge is 2.15. The number of carbonyl (C=O) groups excluding carboxylic acids is 1. The number of rotatable bonds is 3. The summed E-state index contributed by atoms with van der Waals surface area (Å²) >= 11 is 0. The summed E-state index contributed by atoms with van der Waals surface area (Å²) in [5.41, 5.74) is -0.0386. The number of amides is 1. The van der Waals surface area contributed by atoms with Gasteiger partial charge < -0.3 is 15.5 Å². The Balaban J connectivity index is 2.30. The normalized spacial score (nSPS) is 9.89. The van der Waals surface area contributed by atoms with Gasteiger partial charge in [0, 0.05) is 12.4 Å². The van der Waals surface area contributed by atoms with Gasteiger partial charge >= 0.3 is 5.97 Å². The molecule has 96 valence electrons. The third kappa shape index (κ3) is 2.65. The van der Waals surface area contributed by atoms with E-state index in [4.69, 9.17) is 5.11 Å². The molecule has 0 bridgehead atoms. The van der Waals surface area contributed by atoms with Gasteiger partial charge in [0.05, 0.1) is 29.2 Å². The van der Waals surface area contributed by atoms with Crippen molar-refractivity contribution < 1.29 is 19.8 Å². The molecule has 0 aliphatic heterocycles. The fraction of sp³-hybridized carbons (Fsp3) is 0. The zero-order valence-electron chi connectivity index (χ0n) is 9.57. The smallest absolute Gasteiger partial charge is 0.337 e. The second-order valence-corrected chi connectivity index (χ2v) is 3.57. The number of anilines is 1. The first-order valence-electron chi connectivity index (χ1n) is 5.21. The molecule has 0 radical (unpaired) electrons. The molecule has 7 nitrogen and oxygen atoms in total. The molecule has 0 saturated carbocycles. The Hall–Kier alpha value is -2.96. The van der Waals surface area contributed by atoms with Crippen LogP contribution in [0.2, 0.25) is 0 Å². The SMILES string of the molecule is O=C(Nc1cnccc1C(=O)O)c1ccncc1O. The van der Waals surface area contributed by atoms with E-state index in [0.29, 0.717) is 0 Å². The largest absolute Gasteiger partial charge is 0.505 e. The maximum atomic E-state index is 11.9. The first kappa shape index (κ1) is 12.5. The summed E-state index contributed by atoms with van der Waals surface area (Å²) in [4.78, 5) is 30.2. The number of nitrogens with one attached hydrogen (secondary N) is 1. The lowest BCUT2D eigenvalue weighted by Crippen LogP contribution is -2.15. The molecule has 0 spiro atoms. The van der Waals surface area contributed by atoms with Gasteiger partial charge in [-0.15, -0.1) is 0 Å². The van der Waals surface area contributed by atoms with Gasteiger partial charge in [-0.05, 0) is 12.1 Å². The van der Waals surface area contributed by atoms with Crippen LogP contribution >= 0.6 is 0 Å². The van der Waals surface area contributed by atoms with E-state index in [0.717, 1.165) is 6.20 Å². The molecule has 0 aliphatic carbocycles. The predicted octanol–water partition coefficient (Wildman–Crippen LogP) is 1.13. The number of aromatic nitrogens is 2. The Morgan fingerprint density at radius 2 is 1.68 bits per heavy atom. The number of hydrogen-bond acceptors (Lipinski definition) is 5. The molecule has 0 aliphatic rings. The predicted molar refractivity (Wildman–Crippen MR) is 65.1 cm³/mol. The van der Waals surface area contributed by atoms with Crippen LogP contribution in [0.5, 0.6) is 5.75 Å². The highest BCUT2D eigenvalue weighted by molar-refractivity contribution is 6.08. The average molecular weight is 259 g/mol. The van der Waals surface area contributed by atoms with Gasteiger partial charge in [-0.1, -0.05) is 0 Å². The van der Waals surface area contributed by atoms with Crippen LogP contribution in [0.3, 0.4) is 0 Å². The van der Waals surface area contributed by atoms with Gasteiger partial charge in [-0.3, -0.25) is 14.8 Å². The van der Waals surface area contributed by atoms with Crippen molar-refractivity contribution in [3.63, 3.8) is 0 Å². The van der Waals surface area contributed by atoms with Crippen molar-refractivity contribution in [2.45, 2.75) is 0 Å². The van der Waals surface area contributed by atoms with E-state index in [2.05, 4.69) is 15.3 Å². The van der Waals surface area contributed by atoms with E-state index in [1.165, 1.54) is 30.7 Å². The van der Waals surface area contributed by atoms with Crippen LogP contribution in [0.1, 0.15) is 20.7 Å². The molecule has 0 aromatic carbocycles. The van der Waals surface area contributed by atoms with Gasteiger partial charge in [0.25, 0.3) is 5.91 Å². The maximum Gasteiger partial charge on any atom is 0.337 e. The van der Waals surface area contributed by atoms with Crippen molar-refractivity contribution in [2.75, 3.05) is 5.32 Å². The Morgan fingerprint density at radius 1 is 1.05 bits per heavy atom. The van der Waals surface area contributed by atoms with Gasteiger partial charge in [0.15, 0.2) is 0 Å². The Labute approximate surface area is 107 Å². The molecule has 2 rings (SSSR count). The summed E-state index contributed by atoms with van der Waals surface area (Å²) in [5, 5.41) is 20.8. The van der Waals surface area contributed by atoms with Crippen LogP contribution in [0.15, 0.2) is 36.9 Å². The minimum atomic E-state index is -1.18. The van der Waals surface area contributed by atoms with Crippen molar-refractivity contribution in [3.05, 3.63) is 48.0 Å². The molecule has 2 aromatic heterocycles. The summed E-state index contributed by atoms with van der Waals surface area (Å²) in [6.07, 6.45) is 4.99. The van der Waals surface area contributed by atoms with Crippen molar-refractivity contribution in [2.24, 2.45) is 0 Å². The molecule has 0 saturated heterocycles. The lowest BCUT2D eigenvalue weighted by Gasteiger charge is -2.08. The van der Waals surface area contributed by atoms with Crippen LogP contribution in [-0.4, -0.2) is 32.1 Å². The third-order valence-corrected chi connectivity index (χ3v) is 2.34. The zero-order chi connectivity index (χ0) is 13.8. The Kier molecular flexibility index (Phi) is 3.37. The first-order valence-corrected chi connectivity index (χ1v) is 5.21. The van der Waals surface area contributed by atoms with E-state index in [9.17, 15) is 14.7 Å². The van der Waals surface area contributed by atoms with E-state index >= 15 is 0 Å². The fourth-order valence-electron chi connectivity index (χ4n) is 1.45. The molecule has 0 atom stereocenters. The minimum absolute atomic E-state index is 0.00445. The quantitative estimate of drug-likeness (QED) is 0.761. The van der Waals surface area contributed by atoms with Crippen molar-refractivity contribution in [1.29, 1.82) is 0 Å². The standard InChI is InChI=1S/C12H9N3O4/c16-10-6-14-4-2-8(10)11(17)15-9-5-13-3-1-7(9)12(18)19/h1-6,16H,(H,15,17)(H,18,19). The van der Waals surface area contributed by atoms with Gasteiger partial charge in [0.2, 0.25) is 0 Å². The number of nitrogens with zero attached hydrogens (tertiary/aromatic N) is 2. The number of carboxylic acids is 1. The molecule has 1 amide bonds. The molecule has 2 aromatic rings. The second-order valence-electron chi connectivity index (χ2n) is 3.57. The van der Waals surface area contributed by atoms with Crippen molar-refractivity contribution >= 4 is 17.6 Å². The van der Waals surface area contributed by atoms with E-state index < -0.39 is 11.9 Å². The molecule has 19 heavy (non-hydrogen) atoms. The van der Waals surface area contributed by atoms with Crippen LogP contribution < -0.4 is 5.32 Å². The first-order chi connectivity index (χ1) is 9.09. The highest BCUT2D eigenvalue weighted by atomic mass is 16.4. The van der Waals surface area contributed by atoms with Crippen LogP contribution in [0, 0.1) is 0 Å². The van der Waals surface area contributed by atoms with Gasteiger partial charge in [-0.2, -0.15) is 0 Å². The minimum Gasteiger partial charge on any atom is -0.505 e.